The van der Waals surface area contributed by atoms with Gasteiger partial charge in [-0.15, -0.1) is 11.3 Å². The molecule has 0 spiro atoms. The fourth-order valence-electron chi connectivity index (χ4n) is 1.52. The van der Waals surface area contributed by atoms with Gasteiger partial charge in [-0.05, 0) is 41.9 Å². The summed E-state index contributed by atoms with van der Waals surface area (Å²) in [5.41, 5.74) is 1.32. The zero-order valence-corrected chi connectivity index (χ0v) is 12.4. The Morgan fingerprint density at radius 2 is 2.17 bits per heavy atom. The van der Waals surface area contributed by atoms with Crippen LogP contribution in [0.3, 0.4) is 0 Å². The summed E-state index contributed by atoms with van der Waals surface area (Å²) < 4.78 is 13.7. The third kappa shape index (κ3) is 2.84. The van der Waals surface area contributed by atoms with E-state index in [9.17, 15) is 9.18 Å². The van der Waals surface area contributed by atoms with Crippen LogP contribution in [0.5, 0.6) is 0 Å². The number of aromatic nitrogens is 1. The lowest BCUT2D eigenvalue weighted by atomic mass is 10.1. The second kappa shape index (κ2) is 5.28. The number of rotatable bonds is 3. The Balaban J connectivity index is 2.19. The molecule has 1 heterocycles. The normalized spacial score (nSPS) is 10.7. The van der Waals surface area contributed by atoms with Crippen LogP contribution in [-0.4, -0.2) is 10.8 Å². The first-order valence-corrected chi connectivity index (χ1v) is 6.99. The van der Waals surface area contributed by atoms with Crippen LogP contribution in [-0.2, 0) is 6.42 Å². The lowest BCUT2D eigenvalue weighted by Gasteiger charge is -2.00. The molecule has 2 aromatic rings. The molecule has 18 heavy (non-hydrogen) atoms. The van der Waals surface area contributed by atoms with Crippen LogP contribution >= 0.6 is 27.3 Å². The van der Waals surface area contributed by atoms with E-state index < -0.39 is 5.82 Å². The van der Waals surface area contributed by atoms with E-state index in [2.05, 4.69) is 20.9 Å². The van der Waals surface area contributed by atoms with Crippen molar-refractivity contribution in [3.63, 3.8) is 0 Å². The minimum Gasteiger partial charge on any atom is -0.294 e. The maximum Gasteiger partial charge on any atom is 0.169 e. The second-order valence-electron chi connectivity index (χ2n) is 3.98. The predicted molar refractivity (Wildman–Crippen MR) is 73.7 cm³/mol. The Hall–Kier alpha value is -1.07. The first-order chi connectivity index (χ1) is 8.47. The van der Waals surface area contributed by atoms with Crippen LogP contribution in [0.15, 0.2) is 22.7 Å². The fraction of sp³-hybridized carbons (Fsp3) is 0.231. The second-order valence-corrected chi connectivity index (χ2v) is 6.12. The van der Waals surface area contributed by atoms with E-state index in [-0.39, 0.29) is 12.2 Å². The van der Waals surface area contributed by atoms with Gasteiger partial charge in [-0.3, -0.25) is 4.79 Å². The number of ketones is 1. The SMILES string of the molecule is Cc1nc(CC(=O)c2ccc(Br)c(F)c2)sc1C. The number of carbonyl (C=O) groups is 1. The molecule has 5 heteroatoms. The Bertz CT molecular complexity index is 590. The molecule has 0 aliphatic rings. The van der Waals surface area contributed by atoms with Gasteiger partial charge in [0.15, 0.2) is 5.78 Å². The summed E-state index contributed by atoms with van der Waals surface area (Å²) in [7, 11) is 0. The molecule has 0 bridgehead atoms. The van der Waals surface area contributed by atoms with Crippen LogP contribution in [0.4, 0.5) is 4.39 Å². The van der Waals surface area contributed by atoms with Gasteiger partial charge >= 0.3 is 0 Å². The number of Topliss-reactive ketones (excluding diaryl/α,β-unsaturated/α-hetero) is 1. The van der Waals surface area contributed by atoms with Crippen molar-refractivity contribution in [1.29, 1.82) is 0 Å². The number of thiazole rings is 1. The van der Waals surface area contributed by atoms with Crippen LogP contribution in [0.2, 0.25) is 0 Å². The molecule has 0 N–H and O–H groups in total. The highest BCUT2D eigenvalue weighted by Gasteiger charge is 2.12. The molecule has 0 aliphatic carbocycles. The van der Waals surface area contributed by atoms with Gasteiger partial charge in [0.05, 0.1) is 16.6 Å². The molecule has 0 aliphatic heterocycles. The Morgan fingerprint density at radius 3 is 2.72 bits per heavy atom. The van der Waals surface area contributed by atoms with E-state index in [0.717, 1.165) is 15.6 Å². The minimum absolute atomic E-state index is 0.116. The lowest BCUT2D eigenvalue weighted by Crippen LogP contribution is -2.03. The minimum atomic E-state index is -0.424. The molecular weight excluding hydrogens is 317 g/mol. The van der Waals surface area contributed by atoms with Gasteiger partial charge < -0.3 is 0 Å². The van der Waals surface area contributed by atoms with Gasteiger partial charge in [-0.2, -0.15) is 0 Å². The zero-order valence-electron chi connectivity index (χ0n) is 9.96. The van der Waals surface area contributed by atoms with Crippen LogP contribution in [0.1, 0.15) is 25.9 Å². The maximum atomic E-state index is 13.3. The van der Waals surface area contributed by atoms with E-state index >= 15 is 0 Å². The molecule has 94 valence electrons. The molecule has 0 amide bonds. The summed E-state index contributed by atoms with van der Waals surface area (Å²) in [5.74, 6) is -0.539. The van der Waals surface area contributed by atoms with Crippen molar-refractivity contribution in [3.05, 3.63) is 49.6 Å². The molecule has 1 aromatic heterocycles. The summed E-state index contributed by atoms with van der Waals surface area (Å²) in [5, 5.41) is 0.776. The maximum absolute atomic E-state index is 13.3. The molecule has 0 radical (unpaired) electrons. The highest BCUT2D eigenvalue weighted by Crippen LogP contribution is 2.20. The topological polar surface area (TPSA) is 30.0 Å². The van der Waals surface area contributed by atoms with Crippen molar-refractivity contribution in [3.8, 4) is 0 Å². The largest absolute Gasteiger partial charge is 0.294 e. The van der Waals surface area contributed by atoms with Crippen molar-refractivity contribution < 1.29 is 9.18 Å². The van der Waals surface area contributed by atoms with Crippen molar-refractivity contribution in [2.75, 3.05) is 0 Å². The molecule has 0 atom stereocenters. The summed E-state index contributed by atoms with van der Waals surface area (Å²) in [6.45, 7) is 3.89. The molecule has 0 fully saturated rings. The van der Waals surface area contributed by atoms with E-state index in [1.807, 2.05) is 13.8 Å². The van der Waals surface area contributed by atoms with Crippen molar-refractivity contribution in [2.24, 2.45) is 0 Å². The molecule has 0 saturated carbocycles. The van der Waals surface area contributed by atoms with E-state index in [4.69, 9.17) is 0 Å². The predicted octanol–water partition coefficient (Wildman–Crippen LogP) is 4.09. The van der Waals surface area contributed by atoms with Crippen molar-refractivity contribution >= 4 is 33.0 Å². The number of benzene rings is 1. The fourth-order valence-corrected chi connectivity index (χ4v) is 2.70. The quantitative estimate of drug-likeness (QED) is 0.795. The number of hydrogen-bond acceptors (Lipinski definition) is 3. The van der Waals surface area contributed by atoms with Gasteiger partial charge in [-0.1, -0.05) is 6.07 Å². The number of aryl methyl sites for hydroxylation is 2. The molecule has 1 aromatic carbocycles. The van der Waals surface area contributed by atoms with E-state index in [1.54, 1.807) is 12.1 Å². The first-order valence-electron chi connectivity index (χ1n) is 5.38. The van der Waals surface area contributed by atoms with Crippen molar-refractivity contribution in [2.45, 2.75) is 20.3 Å². The number of hydrogen-bond donors (Lipinski definition) is 0. The Kier molecular flexibility index (Phi) is 3.92. The van der Waals surface area contributed by atoms with Gasteiger partial charge in [0, 0.05) is 10.4 Å². The van der Waals surface area contributed by atoms with E-state index in [1.165, 1.54) is 17.4 Å². The van der Waals surface area contributed by atoms with E-state index in [0.29, 0.717) is 10.0 Å². The summed E-state index contributed by atoms with van der Waals surface area (Å²) >= 11 is 4.57. The van der Waals surface area contributed by atoms with Crippen LogP contribution < -0.4 is 0 Å². The number of carbonyl (C=O) groups excluding carboxylic acids is 1. The molecule has 0 saturated heterocycles. The number of nitrogens with zero attached hydrogens (tertiary/aromatic N) is 1. The molecular formula is C13H11BrFNOS. The molecule has 2 nitrogen and oxygen atoms in total. The smallest absolute Gasteiger partial charge is 0.169 e. The molecule has 0 unspecified atom stereocenters. The third-order valence-electron chi connectivity index (χ3n) is 2.63. The van der Waals surface area contributed by atoms with Gasteiger partial charge in [0.2, 0.25) is 0 Å². The summed E-state index contributed by atoms with van der Waals surface area (Å²) in [6.07, 6.45) is 0.223. The highest BCUT2D eigenvalue weighted by atomic mass is 79.9. The lowest BCUT2D eigenvalue weighted by molar-refractivity contribution is 0.0992. The molecule has 2 rings (SSSR count). The standard InChI is InChI=1S/C13H11BrFNOS/c1-7-8(2)18-13(16-7)6-12(17)9-3-4-10(14)11(15)5-9/h3-5H,6H2,1-2H3. The Labute approximate surface area is 117 Å². The monoisotopic (exact) mass is 327 g/mol. The van der Waals surface area contributed by atoms with Crippen molar-refractivity contribution in [1.82, 2.24) is 4.98 Å². The third-order valence-corrected chi connectivity index (χ3v) is 4.34. The Morgan fingerprint density at radius 1 is 1.44 bits per heavy atom. The zero-order chi connectivity index (χ0) is 13.3. The number of halogens is 2. The van der Waals surface area contributed by atoms with Gasteiger partial charge in [0.1, 0.15) is 10.8 Å². The van der Waals surface area contributed by atoms with Gasteiger partial charge in [0.25, 0.3) is 0 Å². The summed E-state index contributed by atoms with van der Waals surface area (Å²) in [4.78, 5) is 17.4. The van der Waals surface area contributed by atoms with Gasteiger partial charge in [-0.25, -0.2) is 9.37 Å². The first kappa shape index (κ1) is 13.4. The summed E-state index contributed by atoms with van der Waals surface area (Å²) in [6, 6.07) is 4.41. The van der Waals surface area contributed by atoms with Crippen LogP contribution in [0, 0.1) is 19.7 Å². The van der Waals surface area contributed by atoms with Crippen LogP contribution in [0.25, 0.3) is 0 Å². The highest BCUT2D eigenvalue weighted by molar-refractivity contribution is 9.10. The average Bonchev–Trinajstić information content (AvgIpc) is 2.61. The average molecular weight is 328 g/mol.